The van der Waals surface area contributed by atoms with Crippen molar-refractivity contribution < 1.29 is 27.4 Å². The molecule has 1 heterocycles. The number of hydrogen-bond donors (Lipinski definition) is 3. The van der Waals surface area contributed by atoms with Crippen LogP contribution in [-0.4, -0.2) is 36.1 Å². The van der Waals surface area contributed by atoms with Crippen LogP contribution in [0.5, 0.6) is 11.5 Å². The Hall–Kier alpha value is -4.02. The molecule has 0 spiro atoms. The first kappa shape index (κ1) is 28.1. The second-order valence-electron chi connectivity index (χ2n) is 11.7. The predicted molar refractivity (Wildman–Crippen MR) is 153 cm³/mol. The third kappa shape index (κ3) is 5.44. The molecule has 3 N–H and O–H groups in total. The molecule has 11 heteroatoms. The third-order valence-electron chi connectivity index (χ3n) is 8.91. The van der Waals surface area contributed by atoms with Crippen molar-refractivity contribution in [2.75, 3.05) is 24.8 Å². The summed E-state index contributed by atoms with van der Waals surface area (Å²) in [6, 6.07) is 10.3. The van der Waals surface area contributed by atoms with Gasteiger partial charge in [0.25, 0.3) is 5.91 Å². The van der Waals surface area contributed by atoms with Crippen molar-refractivity contribution in [2.24, 2.45) is 23.7 Å². The molecule has 1 amide bonds. The topological polar surface area (TPSA) is 97.4 Å². The zero-order valence-corrected chi connectivity index (χ0v) is 23.7. The Labute approximate surface area is 242 Å². The monoisotopic (exact) mass is 581 g/mol. The van der Waals surface area contributed by atoms with E-state index in [0.717, 1.165) is 11.8 Å². The molecule has 7 rings (SSSR count). The van der Waals surface area contributed by atoms with Gasteiger partial charge in [-0.25, -0.2) is 4.98 Å². The molecule has 0 unspecified atom stereocenters. The van der Waals surface area contributed by atoms with Crippen LogP contribution in [0.25, 0.3) is 0 Å². The Bertz CT molecular complexity index is 1470. The van der Waals surface area contributed by atoms with Crippen molar-refractivity contribution >= 4 is 29.0 Å². The van der Waals surface area contributed by atoms with Crippen LogP contribution in [-0.2, 0) is 6.18 Å². The first-order valence-electron chi connectivity index (χ1n) is 14.3. The minimum absolute atomic E-state index is 0.0754. The van der Waals surface area contributed by atoms with Gasteiger partial charge >= 0.3 is 6.18 Å². The van der Waals surface area contributed by atoms with Crippen LogP contribution in [0.2, 0.25) is 0 Å². The zero-order chi connectivity index (χ0) is 29.6. The number of nitrogens with one attached hydrogen (secondary N) is 3. The molecule has 0 aliphatic heterocycles. The number of para-hydroxylation sites is 1. The quantitative estimate of drug-likeness (QED) is 0.267. The van der Waals surface area contributed by atoms with Gasteiger partial charge in [0.1, 0.15) is 29.0 Å². The lowest BCUT2D eigenvalue weighted by molar-refractivity contribution is -0.137. The number of anilines is 4. The molecule has 1 aromatic heterocycles. The van der Waals surface area contributed by atoms with E-state index in [0.29, 0.717) is 40.8 Å². The number of ether oxygens (including phenoxy) is 2. The summed E-state index contributed by atoms with van der Waals surface area (Å²) >= 11 is 0. The number of aromatic nitrogens is 2. The van der Waals surface area contributed by atoms with E-state index < -0.39 is 23.5 Å². The average Bonchev–Trinajstić information content (AvgIpc) is 2.95. The molecule has 4 bridgehead atoms. The number of carbonyl (C=O) groups excluding carboxylic acids is 1. The Morgan fingerprint density at radius 1 is 1.00 bits per heavy atom. The van der Waals surface area contributed by atoms with E-state index in [1.54, 1.807) is 31.2 Å². The van der Waals surface area contributed by atoms with E-state index in [1.165, 1.54) is 52.3 Å². The van der Waals surface area contributed by atoms with Crippen LogP contribution >= 0.6 is 0 Å². The molecule has 4 saturated carbocycles. The van der Waals surface area contributed by atoms with Crippen molar-refractivity contribution in [2.45, 2.75) is 51.3 Å². The zero-order valence-electron chi connectivity index (χ0n) is 23.7. The summed E-state index contributed by atoms with van der Waals surface area (Å²) in [5.74, 6) is 3.02. The largest absolute Gasteiger partial charge is 0.494 e. The predicted octanol–water partition coefficient (Wildman–Crippen LogP) is 6.86. The molecule has 4 aliphatic rings. The Kier molecular flexibility index (Phi) is 7.36. The second-order valence-corrected chi connectivity index (χ2v) is 11.7. The maximum atomic E-state index is 13.9. The van der Waals surface area contributed by atoms with Crippen molar-refractivity contribution in [3.8, 4) is 11.5 Å². The standard InChI is InChI=1S/C31H34F3N5O3/c1-16-5-4-6-22(29(40)35-2)26(16)38-28-23(31(32,33)34)15-36-30(39-28)37-24-8-7-21(14-25(24)41-3)42-27-19-10-17-9-18(12-19)13-20(27)11-17/h4-8,14-15,17-20,27H,9-13H2,1-3H3,(H,35,40)(H2,36,37,38,39). The maximum absolute atomic E-state index is 13.9. The number of carbonyl (C=O) groups is 1. The fourth-order valence-corrected chi connectivity index (χ4v) is 7.21. The highest BCUT2D eigenvalue weighted by Crippen LogP contribution is 2.54. The van der Waals surface area contributed by atoms with Crippen LogP contribution in [0.4, 0.5) is 36.3 Å². The Morgan fingerprint density at radius 3 is 2.36 bits per heavy atom. The van der Waals surface area contributed by atoms with Crippen LogP contribution in [0, 0.1) is 30.6 Å². The normalized spacial score (nSPS) is 24.3. The number of aryl methyl sites for hydroxylation is 1. The number of rotatable bonds is 8. The smallest absolute Gasteiger partial charge is 0.421 e. The maximum Gasteiger partial charge on any atom is 0.421 e. The summed E-state index contributed by atoms with van der Waals surface area (Å²) in [5.41, 5.74) is 0.396. The summed E-state index contributed by atoms with van der Waals surface area (Å²) in [6.45, 7) is 1.69. The summed E-state index contributed by atoms with van der Waals surface area (Å²) in [6.07, 6.45) is 2.52. The fourth-order valence-electron chi connectivity index (χ4n) is 7.21. The van der Waals surface area contributed by atoms with E-state index >= 15 is 0 Å². The minimum atomic E-state index is -4.73. The van der Waals surface area contributed by atoms with Gasteiger partial charge in [-0.2, -0.15) is 18.2 Å². The number of amides is 1. The summed E-state index contributed by atoms with van der Waals surface area (Å²) in [7, 11) is 2.97. The molecule has 4 fully saturated rings. The van der Waals surface area contributed by atoms with Gasteiger partial charge < -0.3 is 25.4 Å². The molecule has 4 aliphatic carbocycles. The highest BCUT2D eigenvalue weighted by Gasteiger charge is 2.49. The van der Waals surface area contributed by atoms with Crippen molar-refractivity contribution in [1.29, 1.82) is 0 Å². The van der Waals surface area contributed by atoms with Gasteiger partial charge in [-0.1, -0.05) is 12.1 Å². The van der Waals surface area contributed by atoms with E-state index in [9.17, 15) is 18.0 Å². The van der Waals surface area contributed by atoms with E-state index in [4.69, 9.17) is 9.47 Å². The summed E-state index contributed by atoms with van der Waals surface area (Å²) < 4.78 is 54.0. The van der Waals surface area contributed by atoms with Crippen LogP contribution in [0.15, 0.2) is 42.6 Å². The van der Waals surface area contributed by atoms with Crippen LogP contribution in [0.1, 0.15) is 53.6 Å². The van der Waals surface area contributed by atoms with Gasteiger partial charge in [-0.15, -0.1) is 0 Å². The van der Waals surface area contributed by atoms with Gasteiger partial charge in [-0.05, 0) is 86.5 Å². The van der Waals surface area contributed by atoms with Crippen LogP contribution < -0.4 is 25.4 Å². The molecular weight excluding hydrogens is 547 g/mol. The lowest BCUT2D eigenvalue weighted by atomic mass is 9.55. The fraction of sp³-hybridized carbons (Fsp3) is 0.452. The lowest BCUT2D eigenvalue weighted by Crippen LogP contribution is -2.50. The Morgan fingerprint density at radius 2 is 1.71 bits per heavy atom. The number of methoxy groups -OCH3 is 1. The van der Waals surface area contributed by atoms with E-state index in [2.05, 4.69) is 25.9 Å². The highest BCUT2D eigenvalue weighted by atomic mass is 19.4. The van der Waals surface area contributed by atoms with E-state index in [1.807, 2.05) is 6.07 Å². The third-order valence-corrected chi connectivity index (χ3v) is 8.91. The lowest BCUT2D eigenvalue weighted by Gasteiger charge is -2.53. The Balaban J connectivity index is 1.26. The first-order chi connectivity index (χ1) is 20.1. The molecule has 2 aromatic carbocycles. The first-order valence-corrected chi connectivity index (χ1v) is 14.3. The summed E-state index contributed by atoms with van der Waals surface area (Å²) in [5, 5.41) is 8.24. The molecule has 0 atom stereocenters. The molecule has 8 nitrogen and oxygen atoms in total. The molecular formula is C31H34F3N5O3. The van der Waals surface area contributed by atoms with E-state index in [-0.39, 0.29) is 23.3 Å². The van der Waals surface area contributed by atoms with Gasteiger partial charge in [-0.3, -0.25) is 4.79 Å². The van der Waals surface area contributed by atoms with Gasteiger partial charge in [0.15, 0.2) is 0 Å². The number of hydrogen-bond acceptors (Lipinski definition) is 7. The molecule has 0 saturated heterocycles. The molecule has 0 radical (unpaired) electrons. The highest BCUT2D eigenvalue weighted by molar-refractivity contribution is 6.00. The second kappa shape index (κ2) is 11.0. The number of nitrogens with zero attached hydrogens (tertiary/aromatic N) is 2. The average molecular weight is 582 g/mol. The minimum Gasteiger partial charge on any atom is -0.494 e. The van der Waals surface area contributed by atoms with Gasteiger partial charge in [0.05, 0.1) is 24.0 Å². The van der Waals surface area contributed by atoms with Crippen LogP contribution in [0.3, 0.4) is 0 Å². The molecule has 3 aromatic rings. The van der Waals surface area contributed by atoms with Crippen molar-refractivity contribution in [1.82, 2.24) is 15.3 Å². The molecule has 222 valence electrons. The number of benzene rings is 2. The number of halogens is 3. The van der Waals surface area contributed by atoms with Crippen molar-refractivity contribution in [3.05, 3.63) is 59.3 Å². The molecule has 42 heavy (non-hydrogen) atoms. The number of alkyl halides is 3. The SMILES string of the molecule is CNC(=O)c1cccc(C)c1Nc1nc(Nc2ccc(OC3C4CC5CC(C4)CC3C5)cc2OC)ncc1C(F)(F)F. The summed E-state index contributed by atoms with van der Waals surface area (Å²) in [4.78, 5) is 20.5. The van der Waals surface area contributed by atoms with Gasteiger partial charge in [0.2, 0.25) is 5.95 Å². The van der Waals surface area contributed by atoms with Crippen molar-refractivity contribution in [3.63, 3.8) is 0 Å². The van der Waals surface area contributed by atoms with Gasteiger partial charge in [0, 0.05) is 19.3 Å².